The van der Waals surface area contributed by atoms with Crippen molar-refractivity contribution in [3.8, 4) is 10.6 Å². The van der Waals surface area contributed by atoms with Crippen LogP contribution in [0.15, 0.2) is 58.5 Å². The van der Waals surface area contributed by atoms with Gasteiger partial charge in [0.1, 0.15) is 10.0 Å². The number of thiazole rings is 1. The van der Waals surface area contributed by atoms with Crippen molar-refractivity contribution in [2.45, 2.75) is 5.03 Å². The Morgan fingerprint density at radius 1 is 1.00 bits per heavy atom. The van der Waals surface area contributed by atoms with Crippen molar-refractivity contribution in [1.82, 2.24) is 4.98 Å². The lowest BCUT2D eigenvalue weighted by atomic mass is 10.2. The van der Waals surface area contributed by atoms with Gasteiger partial charge in [0.2, 0.25) is 0 Å². The predicted molar refractivity (Wildman–Crippen MR) is 119 cm³/mol. The van der Waals surface area contributed by atoms with Crippen LogP contribution in [-0.2, 0) is 17.4 Å². The fourth-order valence-electron chi connectivity index (χ4n) is 2.36. The Labute approximate surface area is 184 Å². The number of nitrogens with two attached hydrogens (primary N) is 1. The molecule has 4 nitrogen and oxygen atoms in total. The maximum Gasteiger partial charge on any atom is 0.123 e. The topological polar surface area (TPSA) is 51.1 Å². The molecule has 0 atom stereocenters. The summed E-state index contributed by atoms with van der Waals surface area (Å²) >= 11 is 18.5. The lowest BCUT2D eigenvalue weighted by Crippen LogP contribution is -2.87. The molecular formula is C20H19Cl2N3OS2. The highest BCUT2D eigenvalue weighted by atomic mass is 35.5. The monoisotopic (exact) mass is 451 g/mol. The van der Waals surface area contributed by atoms with Gasteiger partial charge in [-0.15, -0.1) is 0 Å². The molecule has 1 aliphatic heterocycles. The van der Waals surface area contributed by atoms with Crippen LogP contribution in [0.25, 0.3) is 10.6 Å². The molecule has 8 heteroatoms. The zero-order chi connectivity index (χ0) is 19.8. The maximum absolute atomic E-state index is 5.89. The van der Waals surface area contributed by atoms with E-state index in [0.29, 0.717) is 15.1 Å². The molecule has 0 aliphatic carbocycles. The summed E-state index contributed by atoms with van der Waals surface area (Å²) in [5, 5.41) is 5.72. The summed E-state index contributed by atoms with van der Waals surface area (Å²) in [6.07, 6.45) is 1.76. The van der Waals surface area contributed by atoms with Gasteiger partial charge in [-0.1, -0.05) is 58.8 Å². The van der Waals surface area contributed by atoms with Gasteiger partial charge >= 0.3 is 0 Å². The van der Waals surface area contributed by atoms with Crippen LogP contribution in [0.2, 0.25) is 10.0 Å². The fraction of sp³-hybridized carbons (Fsp3) is 0.200. The first-order valence-electron chi connectivity index (χ1n) is 8.74. The normalized spacial score (nSPS) is 13.9. The molecule has 0 saturated carbocycles. The molecule has 1 fully saturated rings. The van der Waals surface area contributed by atoms with Crippen molar-refractivity contribution in [1.29, 1.82) is 0 Å². The van der Waals surface area contributed by atoms with Gasteiger partial charge in [-0.05, 0) is 34.9 Å². The van der Waals surface area contributed by atoms with Gasteiger partial charge in [-0.25, -0.2) is 4.99 Å². The third-order valence-electron chi connectivity index (χ3n) is 3.80. The third kappa shape index (κ3) is 6.51. The molecule has 2 N–H and O–H groups in total. The largest absolute Gasteiger partial charge is 0.757 e. The van der Waals surface area contributed by atoms with Gasteiger partial charge in [-0.2, -0.15) is 0 Å². The van der Waals surface area contributed by atoms with E-state index in [1.807, 2.05) is 48.5 Å². The van der Waals surface area contributed by atoms with Crippen molar-refractivity contribution in [2.24, 2.45) is 4.99 Å². The molecule has 0 radical (unpaired) electrons. The van der Waals surface area contributed by atoms with E-state index in [1.165, 1.54) is 11.3 Å². The maximum atomic E-state index is 5.89. The number of hydrogen-bond donors (Lipinski definition) is 1. The lowest BCUT2D eigenvalue weighted by Gasteiger charge is -2.07. The highest BCUT2D eigenvalue weighted by Gasteiger charge is 2.05. The van der Waals surface area contributed by atoms with Gasteiger partial charge in [0.25, 0.3) is 0 Å². The van der Waals surface area contributed by atoms with Crippen LogP contribution in [0, 0.1) is 0 Å². The highest BCUT2D eigenvalue weighted by molar-refractivity contribution is 7.59. The first-order valence-corrected chi connectivity index (χ1v) is 10.7. The number of ether oxygens (including phenoxy) is 1. The van der Waals surface area contributed by atoms with Crippen LogP contribution in [0.3, 0.4) is 0 Å². The van der Waals surface area contributed by atoms with Gasteiger partial charge in [0.05, 0.1) is 26.3 Å². The third-order valence-corrected chi connectivity index (χ3v) is 5.73. The Balaban J connectivity index is 0.000000320. The molecule has 146 valence electrons. The number of quaternary nitrogens is 1. The summed E-state index contributed by atoms with van der Waals surface area (Å²) in [6, 6.07) is 14.9. The standard InChI is InChI=1S/C16H10Cl2N2S2.C4H9NO/c17-12-5-1-10(2-6-12)9-19-16-14(21)20-15(22-16)11-3-7-13(18)8-4-11;1-3-6-4-2-5-1/h1-9,21H;5H,1-4H2/b19-9+;. The quantitative estimate of drug-likeness (QED) is 0.475. The average Bonchev–Trinajstić information content (AvgIpc) is 3.10. The molecule has 0 bridgehead atoms. The van der Waals surface area contributed by atoms with Crippen molar-refractivity contribution in [2.75, 3.05) is 26.3 Å². The van der Waals surface area contributed by atoms with Crippen LogP contribution < -0.4 is 5.32 Å². The molecule has 0 amide bonds. The molecule has 0 spiro atoms. The summed E-state index contributed by atoms with van der Waals surface area (Å²) in [7, 11) is 0. The second kappa shape index (κ2) is 10.9. The average molecular weight is 452 g/mol. The van der Waals surface area contributed by atoms with E-state index < -0.39 is 0 Å². The Hall–Kier alpha value is -1.54. The van der Waals surface area contributed by atoms with E-state index in [1.54, 1.807) is 6.21 Å². The highest BCUT2D eigenvalue weighted by Crippen LogP contribution is 2.34. The fourth-order valence-corrected chi connectivity index (χ4v) is 3.75. The Kier molecular flexibility index (Phi) is 8.21. The summed E-state index contributed by atoms with van der Waals surface area (Å²) in [4.78, 5) is 8.82. The number of aromatic nitrogens is 1. The Morgan fingerprint density at radius 3 is 2.14 bits per heavy atom. The van der Waals surface area contributed by atoms with Crippen molar-refractivity contribution in [3.05, 3.63) is 64.1 Å². The van der Waals surface area contributed by atoms with Crippen LogP contribution in [0.5, 0.6) is 0 Å². The summed E-state index contributed by atoms with van der Waals surface area (Å²) in [5.74, 6) is 0. The smallest absolute Gasteiger partial charge is 0.123 e. The first kappa shape index (κ1) is 21.2. The minimum Gasteiger partial charge on any atom is -0.757 e. The molecule has 1 aromatic heterocycles. The number of halogens is 2. The summed E-state index contributed by atoms with van der Waals surface area (Å²) < 4.78 is 5.04. The van der Waals surface area contributed by atoms with Crippen molar-refractivity contribution in [3.63, 3.8) is 0 Å². The molecule has 1 aliphatic rings. The minimum atomic E-state index is 0.500. The zero-order valence-corrected chi connectivity index (χ0v) is 18.1. The van der Waals surface area contributed by atoms with Gasteiger partial charge in [0.15, 0.2) is 0 Å². The molecule has 1 saturated heterocycles. The Morgan fingerprint density at radius 2 is 1.61 bits per heavy atom. The first-order chi connectivity index (χ1) is 13.6. The lowest BCUT2D eigenvalue weighted by molar-refractivity contribution is -0.670. The van der Waals surface area contributed by atoms with Crippen LogP contribution in [-0.4, -0.2) is 37.5 Å². The van der Waals surface area contributed by atoms with E-state index in [9.17, 15) is 0 Å². The van der Waals surface area contributed by atoms with Gasteiger partial charge in [0, 0.05) is 21.8 Å². The van der Waals surface area contributed by atoms with Crippen molar-refractivity contribution < 1.29 is 10.1 Å². The predicted octanol–water partition coefficient (Wildman–Crippen LogP) is 4.35. The molecule has 3 aromatic rings. The number of rotatable bonds is 3. The molecule has 4 rings (SSSR count). The second-order valence-corrected chi connectivity index (χ2v) is 8.16. The summed E-state index contributed by atoms with van der Waals surface area (Å²) in [6.45, 7) is 4.19. The van der Waals surface area contributed by atoms with E-state index in [0.717, 1.165) is 47.4 Å². The van der Waals surface area contributed by atoms with E-state index >= 15 is 0 Å². The number of morpholine rings is 1. The van der Waals surface area contributed by atoms with Crippen LogP contribution in [0.1, 0.15) is 5.56 Å². The SMILES string of the molecule is C1COCC[NH2+]1.[S-]c1nc(-c2ccc(Cl)cc2)sc1/N=C/c1ccc(Cl)cc1. The van der Waals surface area contributed by atoms with Crippen molar-refractivity contribution >= 4 is 58.4 Å². The summed E-state index contributed by atoms with van der Waals surface area (Å²) in [5.41, 5.74) is 1.94. The van der Waals surface area contributed by atoms with Crippen LogP contribution in [0.4, 0.5) is 5.00 Å². The van der Waals surface area contributed by atoms with E-state index in [4.69, 9.17) is 40.6 Å². The molecule has 2 aromatic carbocycles. The number of nitrogens with zero attached hydrogens (tertiary/aromatic N) is 2. The Bertz CT molecular complexity index is 897. The minimum absolute atomic E-state index is 0.500. The second-order valence-electron chi connectivity index (χ2n) is 5.92. The van der Waals surface area contributed by atoms with Crippen LogP contribution >= 0.6 is 34.5 Å². The zero-order valence-electron chi connectivity index (χ0n) is 15.0. The van der Waals surface area contributed by atoms with Gasteiger partial charge in [-0.3, -0.25) is 4.98 Å². The molecule has 2 heterocycles. The number of hydrogen-bond acceptors (Lipinski definition) is 5. The number of benzene rings is 2. The number of aliphatic imine (C=N–C) groups is 1. The van der Waals surface area contributed by atoms with E-state index in [-0.39, 0.29) is 0 Å². The molecule has 28 heavy (non-hydrogen) atoms. The molecule has 0 unspecified atom stereocenters. The molecular weight excluding hydrogens is 433 g/mol. The van der Waals surface area contributed by atoms with Gasteiger partial charge < -0.3 is 22.7 Å². The van der Waals surface area contributed by atoms with E-state index in [2.05, 4.69) is 15.3 Å².